The van der Waals surface area contributed by atoms with Gasteiger partial charge in [0.2, 0.25) is 0 Å². The number of aliphatic hydroxyl groups is 1. The Hall–Kier alpha value is -0.940. The summed E-state index contributed by atoms with van der Waals surface area (Å²) in [6.07, 6.45) is 6.11. The number of rotatable bonds is 4. The van der Waals surface area contributed by atoms with E-state index >= 15 is 0 Å². The Balaban J connectivity index is 1.97. The standard InChI is InChI=1S/C13H24N4O/c1-3-7-17-8-4-5-13(18,6-9-17)10-12-14-11-15-16(12)2/h11,18H,3-10H2,1-2H3. The Bertz CT molecular complexity index is 379. The Labute approximate surface area is 109 Å². The molecule has 0 saturated carbocycles. The highest BCUT2D eigenvalue weighted by molar-refractivity contribution is 4.95. The molecule has 1 aromatic rings. The van der Waals surface area contributed by atoms with Crippen molar-refractivity contribution in [3.8, 4) is 0 Å². The largest absolute Gasteiger partial charge is 0.389 e. The lowest BCUT2D eigenvalue weighted by Crippen LogP contribution is -2.34. The van der Waals surface area contributed by atoms with Gasteiger partial charge in [-0.15, -0.1) is 0 Å². The van der Waals surface area contributed by atoms with Crippen LogP contribution in [0.15, 0.2) is 6.33 Å². The van der Waals surface area contributed by atoms with E-state index in [0.29, 0.717) is 6.42 Å². The second kappa shape index (κ2) is 5.80. The lowest BCUT2D eigenvalue weighted by molar-refractivity contribution is 0.0230. The molecule has 2 heterocycles. The van der Waals surface area contributed by atoms with Crippen LogP contribution in [0.3, 0.4) is 0 Å². The molecule has 0 spiro atoms. The van der Waals surface area contributed by atoms with Crippen LogP contribution in [0.4, 0.5) is 0 Å². The van der Waals surface area contributed by atoms with Gasteiger partial charge in [-0.2, -0.15) is 5.10 Å². The molecule has 0 radical (unpaired) electrons. The van der Waals surface area contributed by atoms with Crippen molar-refractivity contribution in [1.82, 2.24) is 19.7 Å². The number of nitrogens with zero attached hydrogens (tertiary/aromatic N) is 4. The van der Waals surface area contributed by atoms with Crippen molar-refractivity contribution in [3.05, 3.63) is 12.2 Å². The van der Waals surface area contributed by atoms with Gasteiger partial charge in [0.25, 0.3) is 0 Å². The maximum atomic E-state index is 10.7. The first-order valence-corrected chi connectivity index (χ1v) is 6.90. The van der Waals surface area contributed by atoms with E-state index in [1.807, 2.05) is 7.05 Å². The second-order valence-corrected chi connectivity index (χ2v) is 5.40. The third kappa shape index (κ3) is 3.29. The molecule has 1 atom stereocenters. The fourth-order valence-corrected chi connectivity index (χ4v) is 2.73. The van der Waals surface area contributed by atoms with Crippen LogP contribution >= 0.6 is 0 Å². The van der Waals surface area contributed by atoms with E-state index in [2.05, 4.69) is 21.9 Å². The molecule has 1 unspecified atom stereocenters. The summed E-state index contributed by atoms with van der Waals surface area (Å²) in [5, 5.41) is 14.8. The zero-order valence-corrected chi connectivity index (χ0v) is 11.5. The van der Waals surface area contributed by atoms with E-state index in [9.17, 15) is 5.11 Å². The Morgan fingerprint density at radius 1 is 1.39 bits per heavy atom. The van der Waals surface area contributed by atoms with Crippen molar-refractivity contribution < 1.29 is 5.11 Å². The summed E-state index contributed by atoms with van der Waals surface area (Å²) in [5.74, 6) is 0.876. The average Bonchev–Trinajstić information content (AvgIpc) is 2.62. The molecule has 1 aliphatic rings. The molecule has 5 nitrogen and oxygen atoms in total. The predicted octanol–water partition coefficient (Wildman–Crippen LogP) is 0.985. The summed E-state index contributed by atoms with van der Waals surface area (Å²) < 4.78 is 1.76. The summed E-state index contributed by atoms with van der Waals surface area (Å²) in [5.41, 5.74) is -0.608. The van der Waals surface area contributed by atoms with Crippen LogP contribution in [0.5, 0.6) is 0 Å². The summed E-state index contributed by atoms with van der Waals surface area (Å²) in [6, 6.07) is 0. The predicted molar refractivity (Wildman–Crippen MR) is 70.2 cm³/mol. The molecule has 0 amide bonds. The van der Waals surface area contributed by atoms with E-state index in [1.54, 1.807) is 11.0 Å². The molecule has 0 aromatic carbocycles. The second-order valence-electron chi connectivity index (χ2n) is 5.40. The molecule has 1 saturated heterocycles. The summed E-state index contributed by atoms with van der Waals surface area (Å²) in [4.78, 5) is 6.67. The number of aryl methyl sites for hydroxylation is 1. The lowest BCUT2D eigenvalue weighted by atomic mass is 9.91. The Morgan fingerprint density at radius 3 is 2.89 bits per heavy atom. The van der Waals surface area contributed by atoms with Gasteiger partial charge < -0.3 is 10.0 Å². The van der Waals surface area contributed by atoms with Crippen LogP contribution in [0.25, 0.3) is 0 Å². The molecule has 2 rings (SSSR count). The third-order valence-electron chi connectivity index (χ3n) is 3.84. The van der Waals surface area contributed by atoms with Crippen LogP contribution < -0.4 is 0 Å². The summed E-state index contributed by atoms with van der Waals surface area (Å²) >= 11 is 0. The average molecular weight is 252 g/mol. The fraction of sp³-hybridized carbons (Fsp3) is 0.846. The number of likely N-dealkylation sites (tertiary alicyclic amines) is 1. The van der Waals surface area contributed by atoms with Crippen LogP contribution in [0, 0.1) is 0 Å². The minimum atomic E-state index is -0.608. The van der Waals surface area contributed by atoms with Crippen molar-refractivity contribution in [2.45, 2.75) is 44.6 Å². The van der Waals surface area contributed by atoms with Crippen molar-refractivity contribution in [3.63, 3.8) is 0 Å². The van der Waals surface area contributed by atoms with Gasteiger partial charge in [0.1, 0.15) is 12.2 Å². The molecule has 5 heteroatoms. The Kier molecular flexibility index (Phi) is 4.35. The van der Waals surface area contributed by atoms with E-state index in [-0.39, 0.29) is 0 Å². The zero-order valence-electron chi connectivity index (χ0n) is 11.5. The van der Waals surface area contributed by atoms with E-state index in [0.717, 1.165) is 44.7 Å². The quantitative estimate of drug-likeness (QED) is 0.868. The maximum absolute atomic E-state index is 10.7. The van der Waals surface area contributed by atoms with E-state index in [1.165, 1.54) is 6.42 Å². The van der Waals surface area contributed by atoms with Crippen LogP contribution in [-0.2, 0) is 13.5 Å². The van der Waals surface area contributed by atoms with Gasteiger partial charge >= 0.3 is 0 Å². The molecule has 0 aliphatic carbocycles. The monoisotopic (exact) mass is 252 g/mol. The van der Waals surface area contributed by atoms with Crippen molar-refractivity contribution in [1.29, 1.82) is 0 Å². The highest BCUT2D eigenvalue weighted by Crippen LogP contribution is 2.25. The molecular weight excluding hydrogens is 228 g/mol. The summed E-state index contributed by atoms with van der Waals surface area (Å²) in [7, 11) is 1.88. The van der Waals surface area contributed by atoms with Gasteiger partial charge in [0, 0.05) is 20.0 Å². The maximum Gasteiger partial charge on any atom is 0.138 e. The van der Waals surface area contributed by atoms with Gasteiger partial charge in [-0.1, -0.05) is 6.92 Å². The molecule has 102 valence electrons. The van der Waals surface area contributed by atoms with E-state index < -0.39 is 5.60 Å². The SMILES string of the molecule is CCCN1CCCC(O)(Cc2ncnn2C)CC1. The first-order chi connectivity index (χ1) is 8.63. The minimum Gasteiger partial charge on any atom is -0.389 e. The zero-order chi connectivity index (χ0) is 13.0. The molecule has 1 aromatic heterocycles. The minimum absolute atomic E-state index is 0.608. The lowest BCUT2D eigenvalue weighted by Gasteiger charge is -2.26. The molecule has 1 aliphatic heterocycles. The molecule has 0 bridgehead atoms. The van der Waals surface area contributed by atoms with Crippen LogP contribution in [0.2, 0.25) is 0 Å². The molecule has 18 heavy (non-hydrogen) atoms. The number of hydrogen-bond donors (Lipinski definition) is 1. The molecule has 1 fully saturated rings. The third-order valence-corrected chi connectivity index (χ3v) is 3.84. The number of aromatic nitrogens is 3. The number of hydrogen-bond acceptors (Lipinski definition) is 4. The highest BCUT2D eigenvalue weighted by Gasteiger charge is 2.31. The summed E-state index contributed by atoms with van der Waals surface area (Å²) in [6.45, 7) is 5.44. The first-order valence-electron chi connectivity index (χ1n) is 6.90. The van der Waals surface area contributed by atoms with Crippen LogP contribution in [-0.4, -0.2) is 50.0 Å². The van der Waals surface area contributed by atoms with Crippen LogP contribution in [0.1, 0.15) is 38.4 Å². The molecule has 1 N–H and O–H groups in total. The van der Waals surface area contributed by atoms with Crippen molar-refractivity contribution in [2.75, 3.05) is 19.6 Å². The van der Waals surface area contributed by atoms with Crippen molar-refractivity contribution in [2.24, 2.45) is 7.05 Å². The van der Waals surface area contributed by atoms with E-state index in [4.69, 9.17) is 0 Å². The molecular formula is C13H24N4O. The van der Waals surface area contributed by atoms with Gasteiger partial charge in [0.15, 0.2) is 0 Å². The topological polar surface area (TPSA) is 54.2 Å². The smallest absolute Gasteiger partial charge is 0.138 e. The van der Waals surface area contributed by atoms with Crippen molar-refractivity contribution >= 4 is 0 Å². The fourth-order valence-electron chi connectivity index (χ4n) is 2.73. The normalized spacial score (nSPS) is 26.2. The van der Waals surface area contributed by atoms with Gasteiger partial charge in [-0.05, 0) is 38.8 Å². The van der Waals surface area contributed by atoms with Gasteiger partial charge in [0.05, 0.1) is 5.60 Å². The van der Waals surface area contributed by atoms with Gasteiger partial charge in [-0.25, -0.2) is 4.98 Å². The van der Waals surface area contributed by atoms with Gasteiger partial charge in [-0.3, -0.25) is 4.68 Å². The highest BCUT2D eigenvalue weighted by atomic mass is 16.3. The Morgan fingerprint density at radius 2 is 2.22 bits per heavy atom. The first kappa shape index (κ1) is 13.5.